The highest BCUT2D eigenvalue weighted by Crippen LogP contribution is 2.28. The molecule has 0 heterocycles. The number of nitrogens with zero attached hydrogens (tertiary/aromatic N) is 1. The van der Waals surface area contributed by atoms with E-state index in [1.165, 1.54) is 0 Å². The van der Waals surface area contributed by atoms with Crippen LogP contribution < -0.4 is 5.73 Å². The number of rotatable bonds is 8. The Morgan fingerprint density at radius 3 is 1.97 bits per heavy atom. The molecule has 5 heteroatoms. The normalized spacial score (nSPS) is 13.2. The Bertz CT molecular complexity index is 1130. The van der Waals surface area contributed by atoms with E-state index in [9.17, 15) is 14.7 Å². The number of hydrogen-bond donors (Lipinski definition) is 2. The van der Waals surface area contributed by atoms with Crippen LogP contribution >= 0.6 is 0 Å². The third-order valence-electron chi connectivity index (χ3n) is 6.59. The Kier molecular flexibility index (Phi) is 7.57. The zero-order chi connectivity index (χ0) is 25.0. The van der Waals surface area contributed by atoms with Crippen molar-refractivity contribution < 1.29 is 14.7 Å². The van der Waals surface area contributed by atoms with Crippen LogP contribution in [0, 0.1) is 19.3 Å². The number of hydrogen-bond acceptors (Lipinski definition) is 3. The van der Waals surface area contributed by atoms with Gasteiger partial charge in [0.15, 0.2) is 0 Å². The molecule has 0 aromatic heterocycles. The van der Waals surface area contributed by atoms with Gasteiger partial charge in [0.1, 0.15) is 0 Å². The molecular formula is C29H34N2O3. The summed E-state index contributed by atoms with van der Waals surface area (Å²) in [6.07, 6.45) is 0.444. The molecule has 5 nitrogen and oxygen atoms in total. The quantitative estimate of drug-likeness (QED) is 0.492. The van der Waals surface area contributed by atoms with E-state index in [4.69, 9.17) is 5.73 Å². The van der Waals surface area contributed by atoms with Crippen molar-refractivity contribution in [2.24, 2.45) is 11.1 Å². The third kappa shape index (κ3) is 5.54. The lowest BCUT2D eigenvalue weighted by Crippen LogP contribution is -2.58. The van der Waals surface area contributed by atoms with E-state index >= 15 is 0 Å². The summed E-state index contributed by atoms with van der Waals surface area (Å²) < 4.78 is 0. The van der Waals surface area contributed by atoms with Crippen LogP contribution in [0.3, 0.4) is 0 Å². The Hall–Kier alpha value is -3.44. The van der Waals surface area contributed by atoms with Crippen LogP contribution in [0.5, 0.6) is 0 Å². The second-order valence-electron chi connectivity index (χ2n) is 9.68. The molecule has 2 atom stereocenters. The van der Waals surface area contributed by atoms with E-state index in [0.717, 1.165) is 27.8 Å². The number of carbonyl (C=O) groups excluding carboxylic acids is 1. The van der Waals surface area contributed by atoms with Gasteiger partial charge < -0.3 is 15.7 Å². The Labute approximate surface area is 202 Å². The van der Waals surface area contributed by atoms with Crippen molar-refractivity contribution in [2.45, 2.75) is 46.2 Å². The van der Waals surface area contributed by atoms with Crippen molar-refractivity contribution >= 4 is 11.9 Å². The molecule has 2 unspecified atom stereocenters. The predicted octanol–water partition coefficient (Wildman–Crippen LogP) is 5.09. The lowest BCUT2D eigenvalue weighted by molar-refractivity contribution is -0.149. The Morgan fingerprint density at radius 1 is 0.912 bits per heavy atom. The summed E-state index contributed by atoms with van der Waals surface area (Å²) in [5.74, 6) is -1.16. The van der Waals surface area contributed by atoms with Gasteiger partial charge in [0.25, 0.3) is 5.91 Å². The fraction of sp³-hybridized carbons (Fsp3) is 0.310. The number of carbonyl (C=O) groups is 2. The molecule has 0 saturated carbocycles. The molecule has 0 spiro atoms. The van der Waals surface area contributed by atoms with Crippen LogP contribution in [0.1, 0.15) is 40.9 Å². The predicted molar refractivity (Wildman–Crippen MR) is 137 cm³/mol. The zero-order valence-corrected chi connectivity index (χ0v) is 20.6. The van der Waals surface area contributed by atoms with Gasteiger partial charge >= 0.3 is 5.97 Å². The van der Waals surface area contributed by atoms with E-state index in [0.29, 0.717) is 12.0 Å². The smallest absolute Gasteiger partial charge is 0.310 e. The van der Waals surface area contributed by atoms with Gasteiger partial charge in [-0.15, -0.1) is 0 Å². The summed E-state index contributed by atoms with van der Waals surface area (Å²) in [5.41, 5.74) is 11.1. The van der Waals surface area contributed by atoms with Crippen LogP contribution in [0.25, 0.3) is 11.1 Å². The molecular weight excluding hydrogens is 424 g/mol. The number of aliphatic carboxylic acids is 1. The average Bonchev–Trinajstić information content (AvgIpc) is 2.81. The molecule has 0 aliphatic rings. The minimum Gasteiger partial charge on any atom is -0.481 e. The molecule has 3 aromatic carbocycles. The highest BCUT2D eigenvalue weighted by Gasteiger charge is 2.41. The molecule has 1 amide bonds. The number of nitrogens with two attached hydrogens (primary N) is 1. The molecule has 178 valence electrons. The van der Waals surface area contributed by atoms with Crippen molar-refractivity contribution in [3.05, 3.63) is 95.1 Å². The number of amides is 1. The van der Waals surface area contributed by atoms with Gasteiger partial charge in [-0.3, -0.25) is 9.59 Å². The number of benzene rings is 3. The summed E-state index contributed by atoms with van der Waals surface area (Å²) in [6, 6.07) is 22.6. The molecule has 0 aliphatic heterocycles. The summed E-state index contributed by atoms with van der Waals surface area (Å²) >= 11 is 0. The third-order valence-corrected chi connectivity index (χ3v) is 6.59. The fourth-order valence-electron chi connectivity index (χ4n) is 4.29. The van der Waals surface area contributed by atoms with Crippen molar-refractivity contribution in [2.75, 3.05) is 7.05 Å². The first-order chi connectivity index (χ1) is 16.0. The van der Waals surface area contributed by atoms with Gasteiger partial charge in [-0.1, -0.05) is 71.8 Å². The summed E-state index contributed by atoms with van der Waals surface area (Å²) in [5, 5.41) is 9.82. The summed E-state index contributed by atoms with van der Waals surface area (Å²) in [6.45, 7) is 7.13. The van der Waals surface area contributed by atoms with Crippen molar-refractivity contribution in [3.8, 4) is 11.1 Å². The van der Waals surface area contributed by atoms with E-state index in [1.54, 1.807) is 25.8 Å². The lowest BCUT2D eigenvalue weighted by atomic mass is 9.78. The molecule has 3 rings (SSSR count). The maximum atomic E-state index is 13.4. The molecule has 0 radical (unpaired) electrons. The van der Waals surface area contributed by atoms with Gasteiger partial charge in [-0.2, -0.15) is 0 Å². The van der Waals surface area contributed by atoms with Crippen LogP contribution in [0.4, 0.5) is 0 Å². The monoisotopic (exact) mass is 458 g/mol. The molecule has 0 aliphatic carbocycles. The molecule has 3 N–H and O–H groups in total. The van der Waals surface area contributed by atoms with E-state index in [1.807, 2.05) is 74.5 Å². The Morgan fingerprint density at radius 2 is 1.44 bits per heavy atom. The minimum absolute atomic E-state index is 0.172. The number of carboxylic acids is 1. The minimum atomic E-state index is -1.22. The second-order valence-corrected chi connectivity index (χ2v) is 9.68. The number of likely N-dealkylation sites (N-methyl/N-ethyl adjacent to an activating group) is 1. The van der Waals surface area contributed by atoms with Crippen LogP contribution in [0.2, 0.25) is 0 Å². The SMILES string of the molecule is Cc1cc(C)cc(C(=O)N(C)C(Cc2ccc(-c3ccccc3)cc2)C(N)C(C)(C)C(=O)O)c1. The van der Waals surface area contributed by atoms with Crippen molar-refractivity contribution in [3.63, 3.8) is 0 Å². The highest BCUT2D eigenvalue weighted by atomic mass is 16.4. The summed E-state index contributed by atoms with van der Waals surface area (Å²) in [4.78, 5) is 27.0. The number of aryl methyl sites for hydroxylation is 2. The van der Waals surface area contributed by atoms with E-state index in [2.05, 4.69) is 12.1 Å². The topological polar surface area (TPSA) is 83.6 Å². The Balaban J connectivity index is 1.93. The van der Waals surface area contributed by atoms with E-state index < -0.39 is 23.5 Å². The lowest BCUT2D eigenvalue weighted by Gasteiger charge is -2.39. The molecule has 0 fully saturated rings. The summed E-state index contributed by atoms with van der Waals surface area (Å²) in [7, 11) is 1.71. The first-order valence-corrected chi connectivity index (χ1v) is 11.5. The largest absolute Gasteiger partial charge is 0.481 e. The standard InChI is InChI=1S/C29H34N2O3/c1-19-15-20(2)17-24(16-19)27(32)31(5)25(26(30)29(3,4)28(33)34)18-21-11-13-23(14-12-21)22-9-7-6-8-10-22/h6-17,25-26H,18,30H2,1-5H3,(H,33,34). The van der Waals surface area contributed by atoms with E-state index in [-0.39, 0.29) is 5.91 Å². The molecule has 0 bridgehead atoms. The van der Waals surface area contributed by atoms with Crippen LogP contribution in [-0.4, -0.2) is 41.0 Å². The van der Waals surface area contributed by atoms with Gasteiger partial charge in [0.2, 0.25) is 0 Å². The van der Waals surface area contributed by atoms with Crippen LogP contribution in [-0.2, 0) is 11.2 Å². The van der Waals surface area contributed by atoms with Gasteiger partial charge in [0, 0.05) is 18.7 Å². The van der Waals surface area contributed by atoms with Gasteiger partial charge in [-0.25, -0.2) is 0 Å². The van der Waals surface area contributed by atoms with Crippen molar-refractivity contribution in [1.29, 1.82) is 0 Å². The second kappa shape index (κ2) is 10.2. The maximum absolute atomic E-state index is 13.4. The van der Waals surface area contributed by atoms with Crippen molar-refractivity contribution in [1.82, 2.24) is 4.90 Å². The zero-order valence-electron chi connectivity index (χ0n) is 20.6. The van der Waals surface area contributed by atoms with Gasteiger partial charge in [-0.05, 0) is 62.9 Å². The van der Waals surface area contributed by atoms with Gasteiger partial charge in [0.05, 0.1) is 11.5 Å². The maximum Gasteiger partial charge on any atom is 0.310 e. The first kappa shape index (κ1) is 25.2. The molecule has 0 saturated heterocycles. The van der Waals surface area contributed by atoms with Crippen LogP contribution in [0.15, 0.2) is 72.8 Å². The number of carboxylic acid groups (broad SMARTS) is 1. The highest BCUT2D eigenvalue weighted by molar-refractivity contribution is 5.94. The molecule has 34 heavy (non-hydrogen) atoms. The molecule has 3 aromatic rings. The average molecular weight is 459 g/mol. The first-order valence-electron chi connectivity index (χ1n) is 11.5. The fourth-order valence-corrected chi connectivity index (χ4v) is 4.29.